The minimum Gasteiger partial charge on any atom is -0.337 e. The fourth-order valence-electron chi connectivity index (χ4n) is 3.42. The summed E-state index contributed by atoms with van der Waals surface area (Å²) in [6.07, 6.45) is 5.14. The fraction of sp³-hybridized carbons (Fsp3) is 0.684. The lowest BCUT2D eigenvalue weighted by Gasteiger charge is -2.34. The second-order valence-electron chi connectivity index (χ2n) is 6.69. The van der Waals surface area contributed by atoms with Crippen molar-refractivity contribution in [3.8, 4) is 0 Å². The molecule has 0 N–H and O–H groups in total. The number of carbonyl (C=O) groups excluding carboxylic acids is 1. The number of rotatable bonds is 8. The number of pyridine rings is 1. The molecule has 0 aromatic carbocycles. The van der Waals surface area contributed by atoms with Crippen LogP contribution in [-0.2, 0) is 10.7 Å². The first-order valence-corrected chi connectivity index (χ1v) is 9.30. The van der Waals surface area contributed by atoms with Gasteiger partial charge in [0.25, 0.3) is 5.91 Å². The molecule has 0 saturated carbocycles. The molecule has 0 atom stereocenters. The van der Waals surface area contributed by atoms with Gasteiger partial charge >= 0.3 is 5.92 Å². The van der Waals surface area contributed by atoms with Gasteiger partial charge in [0.05, 0.1) is 0 Å². The highest BCUT2D eigenvalue weighted by molar-refractivity contribution is 5.84. The van der Waals surface area contributed by atoms with Crippen molar-refractivity contribution < 1.29 is 13.6 Å². The quantitative estimate of drug-likeness (QED) is 0.717. The highest BCUT2D eigenvalue weighted by Gasteiger charge is 2.45. The molecule has 0 unspecified atom stereocenters. The molecule has 1 fully saturated rings. The Morgan fingerprint density at radius 3 is 2.52 bits per heavy atom. The Kier molecular flexibility index (Phi) is 7.29. The van der Waals surface area contributed by atoms with Crippen LogP contribution in [0.1, 0.15) is 45.2 Å². The summed E-state index contributed by atoms with van der Waals surface area (Å²) in [4.78, 5) is 19.6. The first-order valence-electron chi connectivity index (χ1n) is 9.30. The van der Waals surface area contributed by atoms with Crippen LogP contribution in [0.15, 0.2) is 24.4 Å². The van der Waals surface area contributed by atoms with Gasteiger partial charge in [-0.1, -0.05) is 19.9 Å². The number of piperidine rings is 1. The average molecular weight is 353 g/mol. The topological polar surface area (TPSA) is 36.4 Å². The van der Waals surface area contributed by atoms with Crippen LogP contribution >= 0.6 is 0 Å². The Balaban J connectivity index is 1.80. The molecule has 1 aliphatic heterocycles. The number of nitrogens with zero attached hydrogens (tertiary/aromatic N) is 3. The maximum atomic E-state index is 14.3. The zero-order valence-corrected chi connectivity index (χ0v) is 15.3. The van der Waals surface area contributed by atoms with E-state index in [2.05, 4.69) is 23.7 Å². The first-order chi connectivity index (χ1) is 12.0. The predicted octanol–water partition coefficient (Wildman–Crippen LogP) is 3.53. The van der Waals surface area contributed by atoms with Gasteiger partial charge in [-0.15, -0.1) is 0 Å². The molecule has 1 aromatic rings. The second kappa shape index (κ2) is 9.22. The molecule has 6 heteroatoms. The number of amides is 1. The third kappa shape index (κ3) is 5.21. The maximum Gasteiger partial charge on any atom is 0.366 e. The molecule has 1 aromatic heterocycles. The van der Waals surface area contributed by atoms with Crippen LogP contribution in [0.4, 0.5) is 8.78 Å². The van der Waals surface area contributed by atoms with Crippen molar-refractivity contribution in [1.82, 2.24) is 14.8 Å². The zero-order valence-electron chi connectivity index (χ0n) is 15.3. The fourth-order valence-corrected chi connectivity index (χ4v) is 3.42. The predicted molar refractivity (Wildman–Crippen MR) is 94.5 cm³/mol. The summed E-state index contributed by atoms with van der Waals surface area (Å²) in [6.45, 7) is 8.36. The summed E-state index contributed by atoms with van der Waals surface area (Å²) in [6, 6.07) is 4.25. The molecule has 2 heterocycles. The van der Waals surface area contributed by atoms with E-state index in [1.165, 1.54) is 23.2 Å². The van der Waals surface area contributed by atoms with Gasteiger partial charge in [-0.05, 0) is 63.4 Å². The summed E-state index contributed by atoms with van der Waals surface area (Å²) < 4.78 is 28.7. The van der Waals surface area contributed by atoms with Crippen molar-refractivity contribution in [2.45, 2.75) is 45.5 Å². The van der Waals surface area contributed by atoms with E-state index in [9.17, 15) is 13.6 Å². The first kappa shape index (κ1) is 19.8. The van der Waals surface area contributed by atoms with Crippen LogP contribution in [0.3, 0.4) is 0 Å². The normalized spacial score (nSPS) is 16.4. The van der Waals surface area contributed by atoms with E-state index in [0.717, 1.165) is 45.3 Å². The molecular formula is C19H29F2N3O. The summed E-state index contributed by atoms with van der Waals surface area (Å²) in [5.74, 6) is -4.13. The molecule has 25 heavy (non-hydrogen) atoms. The molecular weight excluding hydrogens is 324 g/mol. The van der Waals surface area contributed by atoms with E-state index in [0.29, 0.717) is 19.0 Å². The summed E-state index contributed by atoms with van der Waals surface area (Å²) in [7, 11) is 0. The van der Waals surface area contributed by atoms with Gasteiger partial charge in [-0.25, -0.2) is 0 Å². The lowest BCUT2D eigenvalue weighted by atomic mass is 9.91. The standard InChI is InChI=1S/C19H29F2N3O/c1-3-23(4-2)13-7-8-16-10-14-24(15-11-16)18(25)19(20,21)17-9-5-6-12-22-17/h5-6,9,12,16H,3-4,7-8,10-11,13-15H2,1-2H3. The molecule has 0 bridgehead atoms. The Bertz CT molecular complexity index is 527. The lowest BCUT2D eigenvalue weighted by molar-refractivity contribution is -0.161. The molecule has 140 valence electrons. The van der Waals surface area contributed by atoms with E-state index in [4.69, 9.17) is 0 Å². The number of alkyl halides is 2. The SMILES string of the molecule is CCN(CC)CCCC1CCN(C(=O)C(F)(F)c2ccccn2)CC1. The van der Waals surface area contributed by atoms with Gasteiger partial charge in [-0.3, -0.25) is 9.78 Å². The monoisotopic (exact) mass is 353 g/mol. The number of aromatic nitrogens is 1. The van der Waals surface area contributed by atoms with Crippen molar-refractivity contribution in [3.63, 3.8) is 0 Å². The Morgan fingerprint density at radius 1 is 1.28 bits per heavy atom. The van der Waals surface area contributed by atoms with Crippen molar-refractivity contribution in [2.24, 2.45) is 5.92 Å². The highest BCUT2D eigenvalue weighted by atomic mass is 19.3. The highest BCUT2D eigenvalue weighted by Crippen LogP contribution is 2.31. The average Bonchev–Trinajstić information content (AvgIpc) is 2.66. The van der Waals surface area contributed by atoms with E-state index in [1.807, 2.05) is 0 Å². The number of hydrogen-bond acceptors (Lipinski definition) is 3. The molecule has 2 rings (SSSR count). The summed E-state index contributed by atoms with van der Waals surface area (Å²) in [5.41, 5.74) is -0.471. The summed E-state index contributed by atoms with van der Waals surface area (Å²) in [5, 5.41) is 0. The van der Waals surface area contributed by atoms with Gasteiger partial charge < -0.3 is 9.80 Å². The van der Waals surface area contributed by atoms with E-state index in [-0.39, 0.29) is 0 Å². The van der Waals surface area contributed by atoms with Crippen LogP contribution in [-0.4, -0.2) is 53.4 Å². The van der Waals surface area contributed by atoms with Crippen LogP contribution in [0.25, 0.3) is 0 Å². The smallest absolute Gasteiger partial charge is 0.337 e. The van der Waals surface area contributed by atoms with Crippen LogP contribution in [0, 0.1) is 5.92 Å². The number of likely N-dealkylation sites (tertiary alicyclic amines) is 1. The summed E-state index contributed by atoms with van der Waals surface area (Å²) >= 11 is 0. The van der Waals surface area contributed by atoms with Gasteiger partial charge in [0.15, 0.2) is 0 Å². The lowest BCUT2D eigenvalue weighted by Crippen LogP contribution is -2.46. The molecule has 1 amide bonds. The van der Waals surface area contributed by atoms with Gasteiger partial charge in [0.2, 0.25) is 0 Å². The minimum absolute atomic E-state index is 0.414. The molecule has 0 aliphatic carbocycles. The Morgan fingerprint density at radius 2 is 1.96 bits per heavy atom. The van der Waals surface area contributed by atoms with Gasteiger partial charge in [0, 0.05) is 19.3 Å². The Hall–Kier alpha value is -1.56. The van der Waals surface area contributed by atoms with Crippen LogP contribution in [0.2, 0.25) is 0 Å². The largest absolute Gasteiger partial charge is 0.366 e. The number of hydrogen-bond donors (Lipinski definition) is 0. The third-order valence-electron chi connectivity index (χ3n) is 5.14. The van der Waals surface area contributed by atoms with Crippen molar-refractivity contribution >= 4 is 5.91 Å². The van der Waals surface area contributed by atoms with Gasteiger partial charge in [0.1, 0.15) is 5.69 Å². The van der Waals surface area contributed by atoms with E-state index in [1.54, 1.807) is 6.07 Å². The van der Waals surface area contributed by atoms with Crippen LogP contribution < -0.4 is 0 Å². The molecule has 0 spiro atoms. The van der Waals surface area contributed by atoms with Gasteiger partial charge in [-0.2, -0.15) is 8.78 Å². The van der Waals surface area contributed by atoms with E-state index >= 15 is 0 Å². The van der Waals surface area contributed by atoms with Crippen molar-refractivity contribution in [2.75, 3.05) is 32.7 Å². The molecule has 1 saturated heterocycles. The molecule has 4 nitrogen and oxygen atoms in total. The number of halogens is 2. The van der Waals surface area contributed by atoms with Crippen molar-refractivity contribution in [1.29, 1.82) is 0 Å². The molecule has 1 aliphatic rings. The Labute approximate surface area is 149 Å². The van der Waals surface area contributed by atoms with Crippen molar-refractivity contribution in [3.05, 3.63) is 30.1 Å². The van der Waals surface area contributed by atoms with Crippen LogP contribution in [0.5, 0.6) is 0 Å². The third-order valence-corrected chi connectivity index (χ3v) is 5.14. The maximum absolute atomic E-state index is 14.3. The van der Waals surface area contributed by atoms with E-state index < -0.39 is 17.5 Å². The minimum atomic E-state index is -3.54. The molecule has 0 radical (unpaired) electrons. The number of carbonyl (C=O) groups is 1. The zero-order chi connectivity index (χ0) is 18.3. The second-order valence-corrected chi connectivity index (χ2v) is 6.69.